The molecule has 1 amide bonds. The van der Waals surface area contributed by atoms with Crippen LogP contribution in [0.4, 0.5) is 5.69 Å². The fourth-order valence-electron chi connectivity index (χ4n) is 3.56. The number of likely N-dealkylation sites (tertiary alicyclic amines) is 1. The lowest BCUT2D eigenvalue weighted by molar-refractivity contribution is -0.137. The Bertz CT molecular complexity index is 682. The molecule has 0 bridgehead atoms. The molecule has 0 N–H and O–H groups in total. The van der Waals surface area contributed by atoms with Crippen LogP contribution in [0.25, 0.3) is 10.9 Å². The highest BCUT2D eigenvalue weighted by atomic mass is 16.2. The van der Waals surface area contributed by atoms with E-state index in [1.54, 1.807) is 0 Å². The lowest BCUT2D eigenvalue weighted by Gasteiger charge is -2.43. The number of hydrogen-bond donors (Lipinski definition) is 0. The summed E-state index contributed by atoms with van der Waals surface area (Å²) in [6.07, 6.45) is 5.45. The molecule has 0 saturated carbocycles. The average molecular weight is 295 g/mol. The minimum Gasteiger partial charge on any atom is -0.369 e. The first-order chi connectivity index (χ1) is 10.8. The minimum absolute atomic E-state index is 0.171. The molecule has 2 aromatic rings. The van der Waals surface area contributed by atoms with E-state index in [4.69, 9.17) is 0 Å². The number of aromatic nitrogens is 1. The summed E-state index contributed by atoms with van der Waals surface area (Å²) in [6.45, 7) is 3.58. The van der Waals surface area contributed by atoms with Crippen molar-refractivity contribution in [2.45, 2.75) is 19.3 Å². The summed E-state index contributed by atoms with van der Waals surface area (Å²) < 4.78 is 0. The van der Waals surface area contributed by atoms with Gasteiger partial charge in [0, 0.05) is 43.4 Å². The predicted molar refractivity (Wildman–Crippen MR) is 87.9 cm³/mol. The van der Waals surface area contributed by atoms with E-state index < -0.39 is 0 Å². The zero-order valence-corrected chi connectivity index (χ0v) is 12.7. The van der Waals surface area contributed by atoms with Crippen molar-refractivity contribution in [2.75, 3.05) is 31.1 Å². The number of rotatable bonds is 2. The zero-order chi connectivity index (χ0) is 14.9. The molecule has 22 heavy (non-hydrogen) atoms. The summed E-state index contributed by atoms with van der Waals surface area (Å²) in [7, 11) is 0. The molecule has 2 saturated heterocycles. The van der Waals surface area contributed by atoms with Gasteiger partial charge < -0.3 is 9.80 Å². The van der Waals surface area contributed by atoms with Crippen LogP contribution in [0.3, 0.4) is 0 Å². The Morgan fingerprint density at radius 2 is 1.82 bits per heavy atom. The highest BCUT2D eigenvalue weighted by molar-refractivity contribution is 5.93. The third-order valence-corrected chi connectivity index (χ3v) is 4.87. The van der Waals surface area contributed by atoms with Gasteiger partial charge in [0.1, 0.15) is 0 Å². The molecule has 2 fully saturated rings. The zero-order valence-electron chi connectivity index (χ0n) is 12.7. The Labute approximate surface area is 130 Å². The Morgan fingerprint density at radius 3 is 2.64 bits per heavy atom. The number of benzene rings is 1. The van der Waals surface area contributed by atoms with Crippen molar-refractivity contribution >= 4 is 22.5 Å². The van der Waals surface area contributed by atoms with Crippen LogP contribution in [0, 0.1) is 5.92 Å². The topological polar surface area (TPSA) is 36.4 Å². The molecule has 1 aromatic carbocycles. The Morgan fingerprint density at radius 1 is 1.05 bits per heavy atom. The summed E-state index contributed by atoms with van der Waals surface area (Å²) >= 11 is 0. The number of fused-ring (bicyclic) bond motifs is 1. The number of piperidine rings is 1. The van der Waals surface area contributed by atoms with Gasteiger partial charge in [-0.2, -0.15) is 0 Å². The maximum atomic E-state index is 12.5. The first-order valence-electron chi connectivity index (χ1n) is 8.20. The van der Waals surface area contributed by atoms with Gasteiger partial charge in [0.05, 0.1) is 11.4 Å². The molecule has 0 atom stereocenters. The van der Waals surface area contributed by atoms with Gasteiger partial charge in [0.25, 0.3) is 0 Å². The highest BCUT2D eigenvalue weighted by Gasteiger charge is 2.36. The van der Waals surface area contributed by atoms with Crippen molar-refractivity contribution in [1.29, 1.82) is 0 Å². The molecular formula is C18H21N3O. The van der Waals surface area contributed by atoms with Crippen LogP contribution in [-0.2, 0) is 4.79 Å². The van der Waals surface area contributed by atoms with E-state index >= 15 is 0 Å². The molecule has 0 radical (unpaired) electrons. The molecule has 114 valence electrons. The first-order valence-corrected chi connectivity index (χ1v) is 8.20. The second kappa shape index (κ2) is 5.59. The van der Waals surface area contributed by atoms with E-state index in [2.05, 4.69) is 26.9 Å². The minimum atomic E-state index is 0.171. The van der Waals surface area contributed by atoms with E-state index in [0.29, 0.717) is 5.91 Å². The summed E-state index contributed by atoms with van der Waals surface area (Å²) in [5.74, 6) is 0.527. The van der Waals surface area contributed by atoms with E-state index in [-0.39, 0.29) is 5.92 Å². The van der Waals surface area contributed by atoms with E-state index in [1.807, 2.05) is 24.4 Å². The third kappa shape index (κ3) is 2.32. The second-order valence-corrected chi connectivity index (χ2v) is 6.34. The van der Waals surface area contributed by atoms with Crippen molar-refractivity contribution < 1.29 is 4.79 Å². The number of nitrogens with zero attached hydrogens (tertiary/aromatic N) is 3. The van der Waals surface area contributed by atoms with Crippen LogP contribution in [0.5, 0.6) is 0 Å². The van der Waals surface area contributed by atoms with Gasteiger partial charge in [-0.15, -0.1) is 0 Å². The van der Waals surface area contributed by atoms with Crippen LogP contribution >= 0.6 is 0 Å². The number of para-hydroxylation sites is 1. The SMILES string of the molecule is O=C(C1CN(c2ccnc3ccccc23)C1)N1CCCCC1. The summed E-state index contributed by atoms with van der Waals surface area (Å²) in [5.41, 5.74) is 2.22. The monoisotopic (exact) mass is 295 g/mol. The lowest BCUT2D eigenvalue weighted by atomic mass is 9.95. The molecule has 0 spiro atoms. The van der Waals surface area contributed by atoms with E-state index in [0.717, 1.165) is 44.5 Å². The van der Waals surface area contributed by atoms with Crippen LogP contribution < -0.4 is 4.90 Å². The van der Waals surface area contributed by atoms with Crippen molar-refractivity contribution in [1.82, 2.24) is 9.88 Å². The number of carbonyl (C=O) groups is 1. The van der Waals surface area contributed by atoms with Crippen LogP contribution in [0.15, 0.2) is 36.5 Å². The standard InChI is InChI=1S/C18H21N3O/c22-18(20-10-4-1-5-11-20)14-12-21(13-14)17-8-9-19-16-7-3-2-6-15(16)17/h2-3,6-9,14H,1,4-5,10-13H2. The molecule has 0 aliphatic carbocycles. The molecule has 4 rings (SSSR count). The van der Waals surface area contributed by atoms with Gasteiger partial charge in [-0.05, 0) is 31.4 Å². The molecule has 4 nitrogen and oxygen atoms in total. The Balaban J connectivity index is 1.47. The smallest absolute Gasteiger partial charge is 0.229 e. The Kier molecular flexibility index (Phi) is 3.45. The maximum absolute atomic E-state index is 12.5. The third-order valence-electron chi connectivity index (χ3n) is 4.87. The second-order valence-electron chi connectivity index (χ2n) is 6.34. The summed E-state index contributed by atoms with van der Waals surface area (Å²) in [5, 5.41) is 1.17. The quantitative estimate of drug-likeness (QED) is 0.854. The molecule has 4 heteroatoms. The number of hydrogen-bond acceptors (Lipinski definition) is 3. The van der Waals surface area contributed by atoms with Gasteiger partial charge in [-0.3, -0.25) is 9.78 Å². The average Bonchev–Trinajstić information content (AvgIpc) is 2.54. The molecule has 2 aliphatic heterocycles. The number of amides is 1. The molecule has 0 unspecified atom stereocenters. The summed E-state index contributed by atoms with van der Waals surface area (Å²) in [6, 6.07) is 10.3. The molecule has 1 aromatic heterocycles. The summed E-state index contributed by atoms with van der Waals surface area (Å²) in [4.78, 5) is 21.3. The fourth-order valence-corrected chi connectivity index (χ4v) is 3.56. The van der Waals surface area contributed by atoms with Crippen molar-refractivity contribution in [3.8, 4) is 0 Å². The fraction of sp³-hybridized carbons (Fsp3) is 0.444. The van der Waals surface area contributed by atoms with Gasteiger partial charge in [0.15, 0.2) is 0 Å². The largest absolute Gasteiger partial charge is 0.369 e. The van der Waals surface area contributed by atoms with Gasteiger partial charge in [-0.25, -0.2) is 0 Å². The number of pyridine rings is 1. The van der Waals surface area contributed by atoms with Crippen molar-refractivity contribution in [3.63, 3.8) is 0 Å². The van der Waals surface area contributed by atoms with E-state index in [9.17, 15) is 4.79 Å². The first kappa shape index (κ1) is 13.6. The van der Waals surface area contributed by atoms with Gasteiger partial charge >= 0.3 is 0 Å². The predicted octanol–water partition coefficient (Wildman–Crippen LogP) is 2.68. The maximum Gasteiger partial charge on any atom is 0.229 e. The van der Waals surface area contributed by atoms with Gasteiger partial charge in [-0.1, -0.05) is 18.2 Å². The van der Waals surface area contributed by atoms with Crippen LogP contribution in [0.2, 0.25) is 0 Å². The normalized spacial score (nSPS) is 19.3. The van der Waals surface area contributed by atoms with E-state index in [1.165, 1.54) is 17.5 Å². The Hall–Kier alpha value is -2.10. The van der Waals surface area contributed by atoms with Crippen LogP contribution in [0.1, 0.15) is 19.3 Å². The lowest BCUT2D eigenvalue weighted by Crippen LogP contribution is -2.55. The van der Waals surface area contributed by atoms with Gasteiger partial charge in [0.2, 0.25) is 5.91 Å². The number of anilines is 1. The molecule has 3 heterocycles. The molecular weight excluding hydrogens is 274 g/mol. The highest BCUT2D eigenvalue weighted by Crippen LogP contribution is 2.31. The van der Waals surface area contributed by atoms with Crippen LogP contribution in [-0.4, -0.2) is 42.0 Å². The van der Waals surface area contributed by atoms with Crippen molar-refractivity contribution in [3.05, 3.63) is 36.5 Å². The van der Waals surface area contributed by atoms with Crippen molar-refractivity contribution in [2.24, 2.45) is 5.92 Å². The number of carbonyl (C=O) groups excluding carboxylic acids is 1. The molecule has 2 aliphatic rings.